The molecule has 0 aromatic heterocycles. The normalized spacial score (nSPS) is 12.5. The van der Waals surface area contributed by atoms with E-state index in [0.29, 0.717) is 11.6 Å². The van der Waals surface area contributed by atoms with Gasteiger partial charge in [-0.05, 0) is 55.1 Å². The van der Waals surface area contributed by atoms with Gasteiger partial charge in [0.15, 0.2) is 0 Å². The van der Waals surface area contributed by atoms with Crippen LogP contribution in [0.3, 0.4) is 0 Å². The lowest BCUT2D eigenvalue weighted by Crippen LogP contribution is -2.15. The van der Waals surface area contributed by atoms with Crippen LogP contribution >= 0.6 is 23.4 Å². The number of nitrogens with zero attached hydrogens (tertiary/aromatic N) is 1. The molecule has 3 aromatic carbocycles. The van der Waals surface area contributed by atoms with Crippen molar-refractivity contribution in [1.29, 1.82) is 0 Å². The molecule has 0 amide bonds. The van der Waals surface area contributed by atoms with Crippen molar-refractivity contribution in [2.24, 2.45) is 5.16 Å². The monoisotopic (exact) mass is 411 g/mol. The molecule has 0 aliphatic carbocycles. The number of hydrogen-bond donors (Lipinski definition) is 0. The average molecular weight is 412 g/mol. The van der Waals surface area contributed by atoms with Crippen molar-refractivity contribution in [3.8, 4) is 11.5 Å². The predicted molar refractivity (Wildman–Crippen MR) is 119 cm³/mol. The Bertz CT molecular complexity index is 913. The van der Waals surface area contributed by atoms with Gasteiger partial charge in [-0.15, -0.1) is 0 Å². The van der Waals surface area contributed by atoms with Gasteiger partial charge in [0, 0.05) is 15.8 Å². The lowest BCUT2D eigenvalue weighted by molar-refractivity contribution is 0.130. The summed E-state index contributed by atoms with van der Waals surface area (Å²) in [5.74, 6) is 1.57. The molecule has 28 heavy (non-hydrogen) atoms. The molecule has 0 heterocycles. The molecule has 0 radical (unpaired) electrons. The SMILES string of the molecule is CSC(C)C(=NOCc1cccc(Oc2ccccc2)c1)c1ccc(Cl)cc1. The van der Waals surface area contributed by atoms with E-state index in [2.05, 4.69) is 18.3 Å². The van der Waals surface area contributed by atoms with Crippen LogP contribution in [0.25, 0.3) is 0 Å². The number of rotatable bonds is 8. The first kappa shape index (κ1) is 20.3. The molecule has 0 fully saturated rings. The van der Waals surface area contributed by atoms with Crippen LogP contribution in [0.15, 0.2) is 84.0 Å². The van der Waals surface area contributed by atoms with Crippen LogP contribution in [0, 0.1) is 0 Å². The van der Waals surface area contributed by atoms with Gasteiger partial charge in [0.05, 0.1) is 5.71 Å². The van der Waals surface area contributed by atoms with Crippen molar-refractivity contribution in [2.75, 3.05) is 6.26 Å². The molecule has 5 heteroatoms. The van der Waals surface area contributed by atoms with Crippen LogP contribution in [0.4, 0.5) is 0 Å². The summed E-state index contributed by atoms with van der Waals surface area (Å²) in [5, 5.41) is 5.32. The largest absolute Gasteiger partial charge is 0.457 e. The van der Waals surface area contributed by atoms with Gasteiger partial charge in [-0.3, -0.25) is 0 Å². The molecule has 3 rings (SSSR count). The molecule has 0 aliphatic rings. The number of hydrogen-bond acceptors (Lipinski definition) is 4. The third-order valence-corrected chi connectivity index (χ3v) is 5.33. The van der Waals surface area contributed by atoms with Gasteiger partial charge in [-0.25, -0.2) is 0 Å². The Morgan fingerprint density at radius 2 is 1.68 bits per heavy atom. The maximum atomic E-state index is 6.00. The smallest absolute Gasteiger partial charge is 0.142 e. The Morgan fingerprint density at radius 1 is 0.964 bits per heavy atom. The van der Waals surface area contributed by atoms with Gasteiger partial charge in [0.2, 0.25) is 0 Å². The second-order valence-corrected chi connectivity index (χ2v) is 7.81. The van der Waals surface area contributed by atoms with E-state index in [-0.39, 0.29) is 5.25 Å². The quantitative estimate of drug-likeness (QED) is 0.301. The van der Waals surface area contributed by atoms with Crippen LogP contribution in [0.2, 0.25) is 5.02 Å². The zero-order chi connectivity index (χ0) is 19.8. The summed E-state index contributed by atoms with van der Waals surface area (Å²) in [5.41, 5.74) is 2.89. The lowest BCUT2D eigenvalue weighted by Gasteiger charge is -2.13. The van der Waals surface area contributed by atoms with Gasteiger partial charge in [0.1, 0.15) is 18.1 Å². The van der Waals surface area contributed by atoms with Crippen LogP contribution in [0.5, 0.6) is 11.5 Å². The fourth-order valence-electron chi connectivity index (χ4n) is 2.59. The van der Waals surface area contributed by atoms with E-state index in [1.165, 1.54) is 0 Å². The molecule has 0 saturated heterocycles. The Balaban J connectivity index is 1.69. The number of para-hydroxylation sites is 1. The minimum atomic E-state index is 0.203. The highest BCUT2D eigenvalue weighted by atomic mass is 35.5. The highest BCUT2D eigenvalue weighted by Gasteiger charge is 2.13. The maximum Gasteiger partial charge on any atom is 0.142 e. The molecule has 1 unspecified atom stereocenters. The first-order valence-electron chi connectivity index (χ1n) is 8.96. The zero-order valence-electron chi connectivity index (χ0n) is 15.8. The summed E-state index contributed by atoms with van der Waals surface area (Å²) in [6, 6.07) is 25.2. The minimum absolute atomic E-state index is 0.203. The second-order valence-electron chi connectivity index (χ2n) is 6.20. The summed E-state index contributed by atoms with van der Waals surface area (Å²) in [4.78, 5) is 5.68. The van der Waals surface area contributed by atoms with Gasteiger partial charge < -0.3 is 9.57 Å². The minimum Gasteiger partial charge on any atom is -0.457 e. The molecule has 3 nitrogen and oxygen atoms in total. The summed E-state index contributed by atoms with van der Waals surface area (Å²) in [6.07, 6.45) is 2.06. The highest BCUT2D eigenvalue weighted by molar-refractivity contribution is 7.99. The zero-order valence-corrected chi connectivity index (χ0v) is 17.4. The third-order valence-electron chi connectivity index (χ3n) is 4.15. The summed E-state index contributed by atoms with van der Waals surface area (Å²) < 4.78 is 5.88. The molecule has 144 valence electrons. The first-order chi connectivity index (χ1) is 13.7. The molecular weight excluding hydrogens is 390 g/mol. The number of oxime groups is 1. The lowest BCUT2D eigenvalue weighted by atomic mass is 10.1. The van der Waals surface area contributed by atoms with E-state index in [0.717, 1.165) is 28.3 Å². The molecule has 0 aliphatic heterocycles. The van der Waals surface area contributed by atoms with Crippen molar-refractivity contribution >= 4 is 29.1 Å². The predicted octanol–water partition coefficient (Wildman–Crippen LogP) is 6.80. The molecule has 1 atom stereocenters. The summed E-state index contributed by atoms with van der Waals surface area (Å²) >= 11 is 7.72. The van der Waals surface area contributed by atoms with E-state index in [1.807, 2.05) is 78.9 Å². The van der Waals surface area contributed by atoms with Crippen molar-refractivity contribution in [2.45, 2.75) is 18.8 Å². The summed E-state index contributed by atoms with van der Waals surface area (Å²) in [6.45, 7) is 2.47. The Labute approximate surface area is 175 Å². The van der Waals surface area contributed by atoms with Crippen molar-refractivity contribution in [3.05, 3.63) is 95.0 Å². The second kappa shape index (κ2) is 10.2. The molecule has 0 N–H and O–H groups in total. The fraction of sp³-hybridized carbons (Fsp3) is 0.174. The van der Waals surface area contributed by atoms with E-state index in [9.17, 15) is 0 Å². The Hall–Kier alpha value is -2.43. The number of halogens is 1. The van der Waals surface area contributed by atoms with E-state index in [4.69, 9.17) is 21.2 Å². The van der Waals surface area contributed by atoms with E-state index >= 15 is 0 Å². The van der Waals surface area contributed by atoms with Crippen molar-refractivity contribution in [1.82, 2.24) is 0 Å². The van der Waals surface area contributed by atoms with Crippen LogP contribution in [0.1, 0.15) is 18.1 Å². The van der Waals surface area contributed by atoms with Gasteiger partial charge in [0.25, 0.3) is 0 Å². The van der Waals surface area contributed by atoms with Gasteiger partial charge >= 0.3 is 0 Å². The van der Waals surface area contributed by atoms with Gasteiger partial charge in [-0.1, -0.05) is 59.2 Å². The molecule has 0 bridgehead atoms. The van der Waals surface area contributed by atoms with Crippen LogP contribution < -0.4 is 4.74 Å². The molecule has 3 aromatic rings. The topological polar surface area (TPSA) is 30.8 Å². The summed E-state index contributed by atoms with van der Waals surface area (Å²) in [7, 11) is 0. The third kappa shape index (κ3) is 5.78. The standard InChI is InChI=1S/C23H22ClNO2S/c1-17(28-2)23(19-11-13-20(24)14-12-19)25-26-16-18-7-6-10-22(15-18)27-21-8-4-3-5-9-21/h3-15,17H,16H2,1-2H3. The van der Waals surface area contributed by atoms with Crippen molar-refractivity contribution in [3.63, 3.8) is 0 Å². The highest BCUT2D eigenvalue weighted by Crippen LogP contribution is 2.22. The van der Waals surface area contributed by atoms with E-state index < -0.39 is 0 Å². The number of benzene rings is 3. The number of ether oxygens (including phenoxy) is 1. The average Bonchev–Trinajstić information content (AvgIpc) is 2.73. The van der Waals surface area contributed by atoms with Crippen LogP contribution in [-0.2, 0) is 11.4 Å². The van der Waals surface area contributed by atoms with E-state index in [1.54, 1.807) is 11.8 Å². The first-order valence-corrected chi connectivity index (χ1v) is 10.6. The molecule has 0 spiro atoms. The Kier molecular flexibility index (Phi) is 7.40. The molecule has 0 saturated carbocycles. The van der Waals surface area contributed by atoms with Crippen molar-refractivity contribution < 1.29 is 9.57 Å². The van der Waals surface area contributed by atoms with Gasteiger partial charge in [-0.2, -0.15) is 11.8 Å². The van der Waals surface area contributed by atoms with Crippen LogP contribution in [-0.4, -0.2) is 17.2 Å². The maximum absolute atomic E-state index is 6.00. The Morgan fingerprint density at radius 3 is 2.39 bits per heavy atom. The fourth-order valence-corrected chi connectivity index (χ4v) is 3.12. The number of thioether (sulfide) groups is 1. The molecular formula is C23H22ClNO2S.